The molecule has 2 aliphatic heterocycles. The number of carbonyl (C=O) groups excluding carboxylic acids is 2. The molecule has 0 saturated carbocycles. The van der Waals surface area contributed by atoms with Crippen molar-refractivity contribution in [2.45, 2.75) is 58.2 Å². The number of rotatable bonds is 6. The highest BCUT2D eigenvalue weighted by Crippen LogP contribution is 2.24. The molecule has 2 aliphatic rings. The maximum atomic E-state index is 13.2. The molecule has 32 heavy (non-hydrogen) atoms. The molecular formula is C25H39N3O4. The lowest BCUT2D eigenvalue weighted by Gasteiger charge is -2.42. The molecule has 0 aliphatic carbocycles. The molecular weight excluding hydrogens is 406 g/mol. The van der Waals surface area contributed by atoms with Crippen LogP contribution in [0.2, 0.25) is 0 Å². The van der Waals surface area contributed by atoms with Crippen molar-refractivity contribution in [3.05, 3.63) is 35.9 Å². The van der Waals surface area contributed by atoms with Crippen LogP contribution in [0.1, 0.15) is 45.6 Å². The second-order valence-electron chi connectivity index (χ2n) is 10.0. The Morgan fingerprint density at radius 3 is 2.34 bits per heavy atom. The molecule has 0 aromatic heterocycles. The van der Waals surface area contributed by atoms with Gasteiger partial charge in [-0.15, -0.1) is 0 Å². The number of likely N-dealkylation sites (tertiary alicyclic amines) is 1. The van der Waals surface area contributed by atoms with Crippen LogP contribution in [0.3, 0.4) is 0 Å². The third-order valence-electron chi connectivity index (χ3n) is 6.22. The highest BCUT2D eigenvalue weighted by molar-refractivity contribution is 5.77. The molecule has 2 fully saturated rings. The number of ether oxygens (including phenoxy) is 2. The maximum absolute atomic E-state index is 13.2. The smallest absolute Gasteiger partial charge is 0.410 e. The van der Waals surface area contributed by atoms with Crippen LogP contribution in [-0.4, -0.2) is 84.8 Å². The molecule has 0 bridgehead atoms. The third-order valence-corrected chi connectivity index (χ3v) is 6.22. The quantitative estimate of drug-likeness (QED) is 0.672. The first-order valence-corrected chi connectivity index (χ1v) is 11.8. The Bertz CT molecular complexity index is 741. The first-order valence-electron chi connectivity index (χ1n) is 11.8. The lowest BCUT2D eigenvalue weighted by molar-refractivity contribution is -0.139. The number of carbonyl (C=O) groups is 2. The molecule has 7 heteroatoms. The molecule has 1 atom stereocenters. The summed E-state index contributed by atoms with van der Waals surface area (Å²) in [5.74, 6) is 0.522. The van der Waals surface area contributed by atoms with Gasteiger partial charge in [0.1, 0.15) is 5.60 Å². The second-order valence-corrected chi connectivity index (χ2v) is 10.0. The number of piperidine rings is 1. The van der Waals surface area contributed by atoms with Crippen LogP contribution in [0.4, 0.5) is 4.79 Å². The molecule has 3 rings (SSSR count). The van der Waals surface area contributed by atoms with Crippen molar-refractivity contribution in [2.75, 3.05) is 46.4 Å². The number of methoxy groups -OCH3 is 1. The summed E-state index contributed by atoms with van der Waals surface area (Å²) in [5, 5.41) is 0. The Morgan fingerprint density at radius 1 is 1.03 bits per heavy atom. The predicted molar refractivity (Wildman–Crippen MR) is 124 cm³/mol. The van der Waals surface area contributed by atoms with Crippen LogP contribution in [0.25, 0.3) is 0 Å². The van der Waals surface area contributed by atoms with E-state index in [0.717, 1.165) is 39.0 Å². The average molecular weight is 446 g/mol. The minimum absolute atomic E-state index is 0.0758. The van der Waals surface area contributed by atoms with Gasteiger partial charge in [-0.2, -0.15) is 0 Å². The van der Waals surface area contributed by atoms with Gasteiger partial charge in [-0.05, 0) is 45.1 Å². The minimum atomic E-state index is -0.483. The highest BCUT2D eigenvalue weighted by Gasteiger charge is 2.33. The zero-order valence-electron chi connectivity index (χ0n) is 20.1. The Morgan fingerprint density at radius 2 is 1.72 bits per heavy atom. The molecule has 2 saturated heterocycles. The molecule has 0 radical (unpaired) electrons. The van der Waals surface area contributed by atoms with Crippen LogP contribution in [0.15, 0.2) is 30.3 Å². The molecule has 1 aromatic rings. The van der Waals surface area contributed by atoms with Crippen molar-refractivity contribution in [1.82, 2.24) is 14.7 Å². The summed E-state index contributed by atoms with van der Waals surface area (Å²) in [5.41, 5.74) is 0.809. The summed E-state index contributed by atoms with van der Waals surface area (Å²) in [6.07, 6.45) is 1.97. The van der Waals surface area contributed by atoms with E-state index in [0.29, 0.717) is 32.0 Å². The van der Waals surface area contributed by atoms with Gasteiger partial charge in [-0.25, -0.2) is 4.79 Å². The topological polar surface area (TPSA) is 62.3 Å². The van der Waals surface area contributed by atoms with Crippen molar-refractivity contribution in [3.63, 3.8) is 0 Å². The number of piperazine rings is 1. The first kappa shape index (κ1) is 24.5. The molecule has 2 heterocycles. The van der Waals surface area contributed by atoms with Crippen molar-refractivity contribution in [2.24, 2.45) is 5.92 Å². The Kier molecular flexibility index (Phi) is 8.54. The first-order chi connectivity index (χ1) is 15.2. The zero-order chi connectivity index (χ0) is 23.1. The van der Waals surface area contributed by atoms with E-state index in [9.17, 15) is 9.59 Å². The van der Waals surface area contributed by atoms with E-state index in [1.54, 1.807) is 12.0 Å². The van der Waals surface area contributed by atoms with Crippen molar-refractivity contribution < 1.29 is 19.1 Å². The van der Waals surface area contributed by atoms with E-state index >= 15 is 0 Å². The van der Waals surface area contributed by atoms with Gasteiger partial charge in [0.25, 0.3) is 0 Å². The van der Waals surface area contributed by atoms with Gasteiger partial charge >= 0.3 is 6.09 Å². The van der Waals surface area contributed by atoms with E-state index in [2.05, 4.69) is 29.2 Å². The van der Waals surface area contributed by atoms with Gasteiger partial charge in [0.15, 0.2) is 0 Å². The number of amides is 2. The summed E-state index contributed by atoms with van der Waals surface area (Å²) in [4.78, 5) is 31.6. The summed E-state index contributed by atoms with van der Waals surface area (Å²) in [7, 11) is 1.70. The van der Waals surface area contributed by atoms with E-state index in [1.807, 2.05) is 31.7 Å². The molecule has 0 spiro atoms. The van der Waals surface area contributed by atoms with Crippen molar-refractivity contribution in [1.29, 1.82) is 0 Å². The van der Waals surface area contributed by atoms with Crippen LogP contribution in [0, 0.1) is 5.92 Å². The predicted octanol–water partition coefficient (Wildman–Crippen LogP) is 3.38. The Balaban J connectivity index is 1.48. The Labute approximate surface area is 192 Å². The van der Waals surface area contributed by atoms with E-state index in [4.69, 9.17) is 9.47 Å². The summed E-state index contributed by atoms with van der Waals surface area (Å²) >= 11 is 0. The second kappa shape index (κ2) is 11.1. The normalized spacial score (nSPS) is 20.9. The van der Waals surface area contributed by atoms with Gasteiger partial charge in [0.2, 0.25) is 5.91 Å². The summed E-state index contributed by atoms with van der Waals surface area (Å²) in [6, 6.07) is 10.5. The van der Waals surface area contributed by atoms with Gasteiger partial charge in [0, 0.05) is 52.8 Å². The monoisotopic (exact) mass is 445 g/mol. The Hall–Kier alpha value is -2.12. The van der Waals surface area contributed by atoms with Gasteiger partial charge < -0.3 is 19.3 Å². The summed E-state index contributed by atoms with van der Waals surface area (Å²) in [6.45, 7) is 10.8. The van der Waals surface area contributed by atoms with Gasteiger partial charge in [0.05, 0.1) is 12.6 Å². The van der Waals surface area contributed by atoms with E-state index < -0.39 is 5.60 Å². The number of hydrogen-bond donors (Lipinski definition) is 0. The van der Waals surface area contributed by atoms with E-state index in [-0.39, 0.29) is 18.0 Å². The largest absolute Gasteiger partial charge is 0.444 e. The number of hydrogen-bond acceptors (Lipinski definition) is 5. The fraction of sp³-hybridized carbons (Fsp3) is 0.680. The van der Waals surface area contributed by atoms with Gasteiger partial charge in [-0.3, -0.25) is 9.69 Å². The fourth-order valence-electron chi connectivity index (χ4n) is 4.58. The molecule has 7 nitrogen and oxygen atoms in total. The lowest BCUT2D eigenvalue weighted by Crippen LogP contribution is -2.56. The molecule has 1 unspecified atom stereocenters. The number of nitrogens with zero attached hydrogens (tertiary/aromatic N) is 3. The minimum Gasteiger partial charge on any atom is -0.444 e. The van der Waals surface area contributed by atoms with Gasteiger partial charge in [-0.1, -0.05) is 30.3 Å². The molecule has 1 aromatic carbocycles. The lowest BCUT2D eigenvalue weighted by atomic mass is 9.92. The van der Waals surface area contributed by atoms with Crippen LogP contribution >= 0.6 is 0 Å². The third kappa shape index (κ3) is 7.20. The SMILES string of the molecule is COCC1CN(Cc2ccccc2)CCN1C(=O)CC1CCN(C(=O)OC(C)(C)C)CC1. The van der Waals surface area contributed by atoms with Crippen LogP contribution in [0.5, 0.6) is 0 Å². The number of benzene rings is 1. The fourth-order valence-corrected chi connectivity index (χ4v) is 4.58. The van der Waals surface area contributed by atoms with Crippen molar-refractivity contribution >= 4 is 12.0 Å². The van der Waals surface area contributed by atoms with Crippen LogP contribution in [-0.2, 0) is 20.8 Å². The van der Waals surface area contributed by atoms with Crippen molar-refractivity contribution in [3.8, 4) is 0 Å². The average Bonchev–Trinajstić information content (AvgIpc) is 2.74. The molecule has 0 N–H and O–H groups in total. The van der Waals surface area contributed by atoms with Crippen LogP contribution < -0.4 is 0 Å². The maximum Gasteiger partial charge on any atom is 0.410 e. The molecule has 2 amide bonds. The van der Waals surface area contributed by atoms with E-state index in [1.165, 1.54) is 5.56 Å². The zero-order valence-corrected chi connectivity index (χ0v) is 20.1. The molecule has 178 valence electrons. The highest BCUT2D eigenvalue weighted by atomic mass is 16.6. The summed E-state index contributed by atoms with van der Waals surface area (Å²) < 4.78 is 10.9. The standard InChI is InChI=1S/C25H39N3O4/c1-25(2,3)32-24(30)27-12-10-20(11-13-27)16-23(29)28-15-14-26(18-22(28)19-31-4)17-21-8-6-5-7-9-21/h5-9,20,22H,10-19H2,1-4H3.